The SMILES string of the molecule is Cc1cc(NC(=O)/C=C/c2cccs2)ccc1Br. The van der Waals surface area contributed by atoms with Crippen LogP contribution < -0.4 is 5.32 Å². The fourth-order valence-electron chi connectivity index (χ4n) is 1.45. The molecule has 2 aromatic rings. The van der Waals surface area contributed by atoms with Crippen molar-refractivity contribution in [1.29, 1.82) is 0 Å². The van der Waals surface area contributed by atoms with E-state index in [4.69, 9.17) is 0 Å². The molecule has 1 amide bonds. The predicted molar refractivity (Wildman–Crippen MR) is 80.9 cm³/mol. The molecule has 92 valence electrons. The normalized spacial score (nSPS) is 10.8. The standard InChI is InChI=1S/C14H12BrNOS/c1-10-9-11(4-6-13(10)15)16-14(17)7-5-12-3-2-8-18-12/h2-9H,1H3,(H,16,17)/b7-5+. The number of aryl methyl sites for hydroxylation is 1. The summed E-state index contributed by atoms with van der Waals surface area (Å²) in [6, 6.07) is 9.65. The molecule has 4 heteroatoms. The van der Waals surface area contributed by atoms with Crippen LogP contribution in [0.25, 0.3) is 6.08 Å². The van der Waals surface area contributed by atoms with Gasteiger partial charge in [-0.1, -0.05) is 22.0 Å². The molecule has 1 aromatic heterocycles. The Kier molecular flexibility index (Phi) is 4.33. The molecule has 0 aliphatic rings. The molecule has 0 aliphatic carbocycles. The Hall–Kier alpha value is -1.39. The van der Waals surface area contributed by atoms with Crippen LogP contribution in [0.5, 0.6) is 0 Å². The summed E-state index contributed by atoms with van der Waals surface area (Å²) in [6.45, 7) is 1.99. The number of amides is 1. The average Bonchev–Trinajstić information content (AvgIpc) is 2.84. The van der Waals surface area contributed by atoms with E-state index < -0.39 is 0 Å². The zero-order valence-electron chi connectivity index (χ0n) is 9.81. The molecule has 0 saturated carbocycles. The number of nitrogens with one attached hydrogen (secondary N) is 1. The topological polar surface area (TPSA) is 29.1 Å². The van der Waals surface area contributed by atoms with Gasteiger partial charge in [0.1, 0.15) is 0 Å². The number of anilines is 1. The van der Waals surface area contributed by atoms with Crippen LogP contribution in [0.4, 0.5) is 5.69 Å². The molecule has 0 radical (unpaired) electrons. The van der Waals surface area contributed by atoms with Crippen molar-refractivity contribution >= 4 is 44.9 Å². The second-order valence-corrected chi connectivity index (χ2v) is 5.64. The monoisotopic (exact) mass is 321 g/mol. The van der Waals surface area contributed by atoms with E-state index in [-0.39, 0.29) is 5.91 Å². The van der Waals surface area contributed by atoms with Crippen molar-refractivity contribution in [3.05, 3.63) is 56.7 Å². The van der Waals surface area contributed by atoms with Gasteiger partial charge in [-0.3, -0.25) is 4.79 Å². The molecule has 0 fully saturated rings. The van der Waals surface area contributed by atoms with Crippen molar-refractivity contribution in [3.63, 3.8) is 0 Å². The maximum Gasteiger partial charge on any atom is 0.248 e. The highest BCUT2D eigenvalue weighted by atomic mass is 79.9. The van der Waals surface area contributed by atoms with Gasteiger partial charge in [-0.25, -0.2) is 0 Å². The van der Waals surface area contributed by atoms with Gasteiger partial charge in [0.05, 0.1) is 0 Å². The number of hydrogen-bond acceptors (Lipinski definition) is 2. The molecule has 0 spiro atoms. The van der Waals surface area contributed by atoms with Crippen LogP contribution in [-0.4, -0.2) is 5.91 Å². The predicted octanol–water partition coefficient (Wildman–Crippen LogP) is 4.47. The number of rotatable bonds is 3. The van der Waals surface area contributed by atoms with Crippen molar-refractivity contribution in [2.24, 2.45) is 0 Å². The van der Waals surface area contributed by atoms with Gasteiger partial charge in [-0.05, 0) is 48.2 Å². The van der Waals surface area contributed by atoms with E-state index in [9.17, 15) is 4.79 Å². The highest BCUT2D eigenvalue weighted by Crippen LogP contribution is 2.20. The molecule has 1 heterocycles. The molecule has 2 nitrogen and oxygen atoms in total. The average molecular weight is 322 g/mol. The molecular weight excluding hydrogens is 310 g/mol. The molecule has 0 bridgehead atoms. The van der Waals surface area contributed by atoms with E-state index in [2.05, 4.69) is 21.2 Å². The largest absolute Gasteiger partial charge is 0.323 e. The first kappa shape index (κ1) is 13.1. The Balaban J connectivity index is 2.01. The summed E-state index contributed by atoms with van der Waals surface area (Å²) >= 11 is 5.03. The van der Waals surface area contributed by atoms with E-state index in [0.717, 1.165) is 20.6 Å². The summed E-state index contributed by atoms with van der Waals surface area (Å²) in [5.74, 6) is -0.120. The number of hydrogen-bond donors (Lipinski definition) is 1. The van der Waals surface area contributed by atoms with Crippen LogP contribution >= 0.6 is 27.3 Å². The second kappa shape index (κ2) is 5.98. The zero-order valence-corrected chi connectivity index (χ0v) is 12.2. The summed E-state index contributed by atoms with van der Waals surface area (Å²) in [4.78, 5) is 12.8. The lowest BCUT2D eigenvalue weighted by Gasteiger charge is -2.04. The van der Waals surface area contributed by atoms with E-state index in [1.807, 2.05) is 48.7 Å². The lowest BCUT2D eigenvalue weighted by molar-refractivity contribution is -0.111. The van der Waals surface area contributed by atoms with Gasteiger partial charge in [-0.2, -0.15) is 0 Å². The minimum atomic E-state index is -0.120. The Morgan fingerprint density at radius 2 is 2.22 bits per heavy atom. The van der Waals surface area contributed by atoms with Gasteiger partial charge in [0.15, 0.2) is 0 Å². The highest BCUT2D eigenvalue weighted by Gasteiger charge is 2.00. The maximum atomic E-state index is 11.7. The van der Waals surface area contributed by atoms with Crippen molar-refractivity contribution < 1.29 is 4.79 Å². The Morgan fingerprint density at radius 1 is 1.39 bits per heavy atom. The van der Waals surface area contributed by atoms with Crippen LogP contribution in [-0.2, 0) is 4.79 Å². The summed E-state index contributed by atoms with van der Waals surface area (Å²) in [7, 11) is 0. The van der Waals surface area contributed by atoms with Crippen LogP contribution in [0.2, 0.25) is 0 Å². The molecule has 18 heavy (non-hydrogen) atoms. The number of carbonyl (C=O) groups excluding carboxylic acids is 1. The Morgan fingerprint density at radius 3 is 2.89 bits per heavy atom. The molecule has 1 aromatic carbocycles. The number of benzene rings is 1. The second-order valence-electron chi connectivity index (χ2n) is 3.80. The third-order valence-electron chi connectivity index (χ3n) is 2.37. The van der Waals surface area contributed by atoms with E-state index >= 15 is 0 Å². The Labute approximate surface area is 118 Å². The van der Waals surface area contributed by atoms with Gasteiger partial charge in [0.2, 0.25) is 5.91 Å². The van der Waals surface area contributed by atoms with Crippen molar-refractivity contribution in [1.82, 2.24) is 0 Å². The van der Waals surface area contributed by atoms with Crippen LogP contribution in [0, 0.1) is 6.92 Å². The van der Waals surface area contributed by atoms with Gasteiger partial charge >= 0.3 is 0 Å². The Bertz CT molecular complexity index is 575. The van der Waals surface area contributed by atoms with Gasteiger partial charge in [0.25, 0.3) is 0 Å². The van der Waals surface area contributed by atoms with Gasteiger partial charge in [-0.15, -0.1) is 11.3 Å². The number of carbonyl (C=O) groups is 1. The summed E-state index contributed by atoms with van der Waals surface area (Å²) in [5, 5.41) is 4.81. The summed E-state index contributed by atoms with van der Waals surface area (Å²) in [6.07, 6.45) is 3.36. The quantitative estimate of drug-likeness (QED) is 0.830. The minimum absolute atomic E-state index is 0.120. The number of halogens is 1. The van der Waals surface area contributed by atoms with Crippen molar-refractivity contribution in [2.75, 3.05) is 5.32 Å². The fourth-order valence-corrected chi connectivity index (χ4v) is 2.31. The lowest BCUT2D eigenvalue weighted by Crippen LogP contribution is -2.07. The van der Waals surface area contributed by atoms with Crippen LogP contribution in [0.15, 0.2) is 46.3 Å². The van der Waals surface area contributed by atoms with Crippen LogP contribution in [0.1, 0.15) is 10.4 Å². The van der Waals surface area contributed by atoms with Gasteiger partial charge < -0.3 is 5.32 Å². The molecule has 0 unspecified atom stereocenters. The zero-order chi connectivity index (χ0) is 13.0. The first-order chi connectivity index (χ1) is 8.65. The van der Waals surface area contributed by atoms with Crippen LogP contribution in [0.3, 0.4) is 0 Å². The van der Waals surface area contributed by atoms with E-state index in [1.165, 1.54) is 0 Å². The van der Waals surface area contributed by atoms with Crippen molar-refractivity contribution in [3.8, 4) is 0 Å². The fraction of sp³-hybridized carbons (Fsp3) is 0.0714. The first-order valence-corrected chi connectivity index (χ1v) is 7.11. The number of thiophene rings is 1. The maximum absolute atomic E-state index is 11.7. The van der Waals surface area contributed by atoms with Gasteiger partial charge in [0, 0.05) is 21.1 Å². The highest BCUT2D eigenvalue weighted by molar-refractivity contribution is 9.10. The molecule has 0 saturated heterocycles. The minimum Gasteiger partial charge on any atom is -0.323 e. The smallest absolute Gasteiger partial charge is 0.248 e. The molecule has 0 atom stereocenters. The molecule has 0 aliphatic heterocycles. The molecular formula is C14H12BrNOS. The van der Waals surface area contributed by atoms with Crippen molar-refractivity contribution in [2.45, 2.75) is 6.92 Å². The first-order valence-electron chi connectivity index (χ1n) is 5.44. The third kappa shape index (κ3) is 3.55. The van der Waals surface area contributed by atoms with E-state index in [1.54, 1.807) is 17.4 Å². The summed E-state index contributed by atoms with van der Waals surface area (Å²) < 4.78 is 1.04. The van der Waals surface area contributed by atoms with E-state index in [0.29, 0.717) is 0 Å². The summed E-state index contributed by atoms with van der Waals surface area (Å²) in [5.41, 5.74) is 1.89. The lowest BCUT2D eigenvalue weighted by atomic mass is 10.2. The third-order valence-corrected chi connectivity index (χ3v) is 4.09. The molecule has 2 rings (SSSR count). The molecule has 1 N–H and O–H groups in total.